The summed E-state index contributed by atoms with van der Waals surface area (Å²) in [5, 5.41) is -0.405. The highest BCUT2D eigenvalue weighted by atomic mass is 32.2. The van der Waals surface area contributed by atoms with Gasteiger partial charge in [0.25, 0.3) is 0 Å². The molecule has 92 valence electrons. The Kier molecular flexibility index (Phi) is 3.28. The van der Waals surface area contributed by atoms with E-state index in [4.69, 9.17) is 0 Å². The molecule has 1 fully saturated rings. The first kappa shape index (κ1) is 12.2. The summed E-state index contributed by atoms with van der Waals surface area (Å²) in [6, 6.07) is 4.09. The lowest BCUT2D eigenvalue weighted by Crippen LogP contribution is -2.09. The lowest BCUT2D eigenvalue weighted by atomic mass is 10.1. The van der Waals surface area contributed by atoms with Crippen LogP contribution in [0, 0.1) is 5.82 Å². The maximum Gasteiger partial charge on any atom is 0.184 e. The van der Waals surface area contributed by atoms with E-state index in [1.165, 1.54) is 12.1 Å². The van der Waals surface area contributed by atoms with Crippen LogP contribution in [0.15, 0.2) is 23.1 Å². The van der Waals surface area contributed by atoms with Crippen molar-refractivity contribution < 1.29 is 17.6 Å². The summed E-state index contributed by atoms with van der Waals surface area (Å²) in [6.45, 7) is 0. The van der Waals surface area contributed by atoms with Gasteiger partial charge in [-0.3, -0.25) is 0 Å². The quantitative estimate of drug-likeness (QED) is 0.756. The molecule has 0 aliphatic heterocycles. The molecule has 3 nitrogen and oxygen atoms in total. The van der Waals surface area contributed by atoms with Crippen LogP contribution >= 0.6 is 0 Å². The van der Waals surface area contributed by atoms with Gasteiger partial charge in [-0.15, -0.1) is 0 Å². The normalized spacial score (nSPS) is 15.8. The average Bonchev–Trinajstić information content (AvgIpc) is 3.10. The van der Waals surface area contributed by atoms with E-state index in [2.05, 4.69) is 0 Å². The van der Waals surface area contributed by atoms with Crippen LogP contribution in [0.3, 0.4) is 0 Å². The number of benzene rings is 1. The molecule has 5 heteroatoms. The van der Waals surface area contributed by atoms with Crippen molar-refractivity contribution in [1.29, 1.82) is 0 Å². The number of aryl methyl sites for hydroxylation is 1. The Hall–Kier alpha value is -1.23. The van der Waals surface area contributed by atoms with E-state index in [0.717, 1.165) is 6.29 Å². The Morgan fingerprint density at radius 1 is 1.35 bits per heavy atom. The van der Waals surface area contributed by atoms with Crippen LogP contribution in [-0.4, -0.2) is 20.0 Å². The highest BCUT2D eigenvalue weighted by molar-refractivity contribution is 7.92. The molecule has 0 unspecified atom stereocenters. The van der Waals surface area contributed by atoms with Gasteiger partial charge in [-0.2, -0.15) is 0 Å². The fourth-order valence-electron chi connectivity index (χ4n) is 1.71. The molecule has 17 heavy (non-hydrogen) atoms. The minimum atomic E-state index is -3.48. The Bertz CT molecular complexity index is 533. The number of hydrogen-bond acceptors (Lipinski definition) is 3. The molecule has 1 saturated carbocycles. The van der Waals surface area contributed by atoms with Gasteiger partial charge in [-0.25, -0.2) is 12.8 Å². The smallest absolute Gasteiger partial charge is 0.184 e. The number of hydrogen-bond donors (Lipinski definition) is 0. The SMILES string of the molecule is O=CCCc1ccc(S(=O)(=O)C2CC2)c(F)c1. The van der Waals surface area contributed by atoms with Gasteiger partial charge >= 0.3 is 0 Å². The third kappa shape index (κ3) is 2.54. The van der Waals surface area contributed by atoms with Crippen LogP contribution in [0.25, 0.3) is 0 Å². The van der Waals surface area contributed by atoms with Gasteiger partial charge in [0.2, 0.25) is 0 Å². The van der Waals surface area contributed by atoms with Crippen LogP contribution in [0.2, 0.25) is 0 Å². The molecule has 1 aromatic carbocycles. The molecule has 0 radical (unpaired) electrons. The highest BCUT2D eigenvalue weighted by Crippen LogP contribution is 2.34. The molecule has 0 N–H and O–H groups in total. The first-order valence-electron chi connectivity index (χ1n) is 5.51. The Labute approximate surface area is 99.6 Å². The van der Waals surface area contributed by atoms with E-state index in [-0.39, 0.29) is 4.90 Å². The topological polar surface area (TPSA) is 51.2 Å². The number of halogens is 1. The summed E-state index contributed by atoms with van der Waals surface area (Å²) in [7, 11) is -3.48. The predicted molar refractivity (Wildman–Crippen MR) is 61.0 cm³/mol. The first-order chi connectivity index (χ1) is 8.05. The number of carbonyl (C=O) groups excluding carboxylic acids is 1. The summed E-state index contributed by atoms with van der Waals surface area (Å²) in [6.07, 6.45) is 2.74. The Morgan fingerprint density at radius 3 is 2.59 bits per heavy atom. The summed E-state index contributed by atoms with van der Waals surface area (Å²) < 4.78 is 37.4. The standard InChI is InChI=1S/C12H13FO3S/c13-11-8-9(2-1-7-14)3-6-12(11)17(15,16)10-4-5-10/h3,6-8,10H,1-2,4-5H2. The third-order valence-electron chi connectivity index (χ3n) is 2.82. The second-order valence-electron chi connectivity index (χ2n) is 4.21. The minimum Gasteiger partial charge on any atom is -0.303 e. The van der Waals surface area contributed by atoms with Crippen LogP contribution in [0.1, 0.15) is 24.8 Å². The monoisotopic (exact) mass is 256 g/mol. The summed E-state index contributed by atoms with van der Waals surface area (Å²) in [5.41, 5.74) is 0.643. The molecule has 1 aliphatic rings. The van der Waals surface area contributed by atoms with Crippen molar-refractivity contribution in [2.45, 2.75) is 35.8 Å². The zero-order chi connectivity index (χ0) is 12.5. The molecular weight excluding hydrogens is 243 g/mol. The molecule has 0 bridgehead atoms. The molecule has 0 atom stereocenters. The van der Waals surface area contributed by atoms with E-state index < -0.39 is 20.9 Å². The fourth-order valence-corrected chi connectivity index (χ4v) is 3.42. The van der Waals surface area contributed by atoms with Gasteiger partial charge in [-0.1, -0.05) is 6.07 Å². The van der Waals surface area contributed by atoms with Crippen molar-refractivity contribution in [2.75, 3.05) is 0 Å². The Morgan fingerprint density at radius 2 is 2.06 bits per heavy atom. The van der Waals surface area contributed by atoms with Crippen molar-refractivity contribution >= 4 is 16.1 Å². The predicted octanol–water partition coefficient (Wildman–Crippen LogP) is 1.89. The van der Waals surface area contributed by atoms with Crippen molar-refractivity contribution in [3.8, 4) is 0 Å². The van der Waals surface area contributed by atoms with Crippen LogP contribution in [-0.2, 0) is 21.1 Å². The molecule has 2 rings (SSSR count). The zero-order valence-corrected chi connectivity index (χ0v) is 10.0. The summed E-state index contributed by atoms with van der Waals surface area (Å²) in [5.74, 6) is -0.708. The molecule has 0 heterocycles. The highest BCUT2D eigenvalue weighted by Gasteiger charge is 2.38. The maximum absolute atomic E-state index is 13.7. The lowest BCUT2D eigenvalue weighted by molar-refractivity contribution is -0.107. The number of aldehydes is 1. The number of sulfone groups is 1. The van der Waals surface area contributed by atoms with Gasteiger partial charge in [0, 0.05) is 6.42 Å². The molecule has 1 aliphatic carbocycles. The van der Waals surface area contributed by atoms with Crippen molar-refractivity contribution in [1.82, 2.24) is 0 Å². The van der Waals surface area contributed by atoms with E-state index in [1.54, 1.807) is 6.07 Å². The van der Waals surface area contributed by atoms with Gasteiger partial charge < -0.3 is 4.79 Å². The van der Waals surface area contributed by atoms with Crippen molar-refractivity contribution in [2.24, 2.45) is 0 Å². The van der Waals surface area contributed by atoms with Gasteiger partial charge in [0.15, 0.2) is 9.84 Å². The van der Waals surface area contributed by atoms with E-state index in [1.807, 2.05) is 0 Å². The van der Waals surface area contributed by atoms with Crippen LogP contribution in [0.4, 0.5) is 4.39 Å². The van der Waals surface area contributed by atoms with Crippen LogP contribution in [0.5, 0.6) is 0 Å². The first-order valence-corrected chi connectivity index (χ1v) is 7.06. The van der Waals surface area contributed by atoms with Crippen LogP contribution < -0.4 is 0 Å². The summed E-state index contributed by atoms with van der Waals surface area (Å²) in [4.78, 5) is 9.98. The van der Waals surface area contributed by atoms with E-state index in [0.29, 0.717) is 31.2 Å². The number of carbonyl (C=O) groups is 1. The minimum absolute atomic E-state index is 0.213. The molecule has 0 aromatic heterocycles. The van der Waals surface area contributed by atoms with Crippen molar-refractivity contribution in [3.63, 3.8) is 0 Å². The van der Waals surface area contributed by atoms with Gasteiger partial charge in [0.1, 0.15) is 17.0 Å². The summed E-state index contributed by atoms with van der Waals surface area (Å²) >= 11 is 0. The maximum atomic E-state index is 13.7. The fraction of sp³-hybridized carbons (Fsp3) is 0.417. The van der Waals surface area contributed by atoms with E-state index >= 15 is 0 Å². The van der Waals surface area contributed by atoms with E-state index in [9.17, 15) is 17.6 Å². The number of rotatable bonds is 5. The van der Waals surface area contributed by atoms with Gasteiger partial charge in [0.05, 0.1) is 5.25 Å². The lowest BCUT2D eigenvalue weighted by Gasteiger charge is -2.06. The molecule has 0 amide bonds. The molecule has 0 saturated heterocycles. The average molecular weight is 256 g/mol. The van der Waals surface area contributed by atoms with Gasteiger partial charge in [-0.05, 0) is 37.0 Å². The molecule has 0 spiro atoms. The second-order valence-corrected chi connectivity index (χ2v) is 6.41. The third-order valence-corrected chi connectivity index (χ3v) is 5.11. The van der Waals surface area contributed by atoms with Crippen molar-refractivity contribution in [3.05, 3.63) is 29.6 Å². The zero-order valence-electron chi connectivity index (χ0n) is 9.23. The second kappa shape index (κ2) is 4.56. The molecular formula is C12H13FO3S. The Balaban J connectivity index is 2.28. The molecule has 1 aromatic rings. The largest absolute Gasteiger partial charge is 0.303 e.